The van der Waals surface area contributed by atoms with Crippen LogP contribution in [0, 0.1) is 6.92 Å². The Hall–Kier alpha value is -2.05. The van der Waals surface area contributed by atoms with Gasteiger partial charge in [0, 0.05) is 12.1 Å². The van der Waals surface area contributed by atoms with Crippen LogP contribution < -0.4 is 14.2 Å². The molecule has 0 saturated carbocycles. The van der Waals surface area contributed by atoms with E-state index in [9.17, 15) is 8.42 Å². The van der Waals surface area contributed by atoms with Gasteiger partial charge in [0.2, 0.25) is 10.0 Å². The number of ether oxygens (including phenoxy) is 2. The van der Waals surface area contributed by atoms with E-state index >= 15 is 0 Å². The predicted molar refractivity (Wildman–Crippen MR) is 94.1 cm³/mol. The largest absolute Gasteiger partial charge is 0.493 e. The summed E-state index contributed by atoms with van der Waals surface area (Å²) in [6, 6.07) is 12.1. The van der Waals surface area contributed by atoms with Crippen LogP contribution in [0.3, 0.4) is 0 Å². The first-order valence-corrected chi connectivity index (χ1v) is 9.20. The molecule has 0 saturated heterocycles. The number of hydrogen-bond donors (Lipinski definition) is 1. The van der Waals surface area contributed by atoms with Crippen molar-refractivity contribution in [1.29, 1.82) is 0 Å². The number of aryl methyl sites for hydroxylation is 1. The summed E-state index contributed by atoms with van der Waals surface area (Å²) in [7, 11) is -0.689. The summed E-state index contributed by atoms with van der Waals surface area (Å²) in [5.74, 6) is 0.866. The summed E-state index contributed by atoms with van der Waals surface area (Å²) < 4.78 is 38.5. The van der Waals surface area contributed by atoms with Gasteiger partial charge in [-0.2, -0.15) is 0 Å². The number of hydrogen-bond acceptors (Lipinski definition) is 4. The van der Waals surface area contributed by atoms with Crippen molar-refractivity contribution in [2.24, 2.45) is 0 Å². The fourth-order valence-electron chi connectivity index (χ4n) is 2.42. The van der Waals surface area contributed by atoms with Crippen molar-refractivity contribution in [2.45, 2.75) is 31.2 Å². The quantitative estimate of drug-likeness (QED) is 0.832. The second-order valence-corrected chi connectivity index (χ2v) is 7.22. The normalized spacial score (nSPS) is 12.7. The van der Waals surface area contributed by atoms with Gasteiger partial charge in [0.15, 0.2) is 11.5 Å². The lowest BCUT2D eigenvalue weighted by atomic mass is 10.0. The van der Waals surface area contributed by atoms with Gasteiger partial charge in [-0.25, -0.2) is 13.1 Å². The first kappa shape index (κ1) is 18.3. The van der Waals surface area contributed by atoms with Crippen molar-refractivity contribution in [3.05, 3.63) is 53.6 Å². The zero-order valence-electron chi connectivity index (χ0n) is 14.4. The average Bonchev–Trinajstić information content (AvgIpc) is 2.59. The second kappa shape index (κ2) is 7.68. The molecule has 0 aliphatic carbocycles. The molecule has 1 N–H and O–H groups in total. The molecule has 1 atom stereocenters. The Morgan fingerprint density at radius 2 is 1.62 bits per heavy atom. The van der Waals surface area contributed by atoms with Crippen LogP contribution in [-0.2, 0) is 10.0 Å². The highest BCUT2D eigenvalue weighted by Crippen LogP contribution is 2.30. The minimum atomic E-state index is -3.67. The van der Waals surface area contributed by atoms with Crippen molar-refractivity contribution in [1.82, 2.24) is 4.72 Å². The smallest absolute Gasteiger partial charge is 0.241 e. The van der Waals surface area contributed by atoms with E-state index in [4.69, 9.17) is 9.47 Å². The summed E-state index contributed by atoms with van der Waals surface area (Å²) in [5, 5.41) is 0. The van der Waals surface area contributed by atoms with Gasteiger partial charge in [0.05, 0.1) is 19.1 Å². The third-order valence-electron chi connectivity index (χ3n) is 3.85. The highest BCUT2D eigenvalue weighted by atomic mass is 32.2. The number of rotatable bonds is 7. The van der Waals surface area contributed by atoms with Crippen LogP contribution >= 0.6 is 0 Å². The molecule has 2 aromatic rings. The lowest BCUT2D eigenvalue weighted by molar-refractivity contribution is 0.354. The lowest BCUT2D eigenvalue weighted by Gasteiger charge is -2.18. The predicted octanol–water partition coefficient (Wildman–Crippen LogP) is 3.44. The maximum absolute atomic E-state index is 12.7. The Labute approximate surface area is 143 Å². The Morgan fingerprint density at radius 3 is 2.17 bits per heavy atom. The van der Waals surface area contributed by atoms with Crippen LogP contribution in [0.15, 0.2) is 47.4 Å². The van der Waals surface area contributed by atoms with E-state index in [0.717, 1.165) is 11.1 Å². The summed E-state index contributed by atoms with van der Waals surface area (Å²) in [6.45, 7) is 3.94. The molecule has 5 nitrogen and oxygen atoms in total. The first-order chi connectivity index (χ1) is 11.4. The van der Waals surface area contributed by atoms with Gasteiger partial charge in [-0.1, -0.05) is 36.8 Å². The van der Waals surface area contributed by atoms with Gasteiger partial charge in [0.25, 0.3) is 0 Å². The number of benzene rings is 2. The molecule has 2 aromatic carbocycles. The SMILES string of the molecule is CC[C@@H](NS(=O)(=O)c1ccc(OC)c(OC)c1)c1ccc(C)cc1. The van der Waals surface area contributed by atoms with Gasteiger partial charge < -0.3 is 9.47 Å². The van der Waals surface area contributed by atoms with Crippen LogP contribution in [-0.4, -0.2) is 22.6 Å². The third kappa shape index (κ3) is 4.07. The van der Waals surface area contributed by atoms with Crippen molar-refractivity contribution >= 4 is 10.0 Å². The van der Waals surface area contributed by atoms with Crippen molar-refractivity contribution in [3.63, 3.8) is 0 Å². The Kier molecular flexibility index (Phi) is 5.85. The van der Waals surface area contributed by atoms with Gasteiger partial charge >= 0.3 is 0 Å². The molecule has 0 radical (unpaired) electrons. The van der Waals surface area contributed by atoms with Crippen LogP contribution in [0.1, 0.15) is 30.5 Å². The average molecular weight is 349 g/mol. The highest BCUT2D eigenvalue weighted by Gasteiger charge is 2.21. The zero-order valence-corrected chi connectivity index (χ0v) is 15.2. The molecular formula is C18H23NO4S. The molecule has 0 bridgehead atoms. The fourth-order valence-corrected chi connectivity index (χ4v) is 3.75. The standard InChI is InChI=1S/C18H23NO4S/c1-5-16(14-8-6-13(2)7-9-14)19-24(20,21)15-10-11-17(22-3)18(12-15)23-4/h6-12,16,19H,5H2,1-4H3/t16-/m1/s1. The summed E-state index contributed by atoms with van der Waals surface area (Å²) >= 11 is 0. The number of methoxy groups -OCH3 is 2. The molecule has 6 heteroatoms. The third-order valence-corrected chi connectivity index (χ3v) is 5.32. The second-order valence-electron chi connectivity index (χ2n) is 5.51. The monoisotopic (exact) mass is 349 g/mol. The molecule has 0 fully saturated rings. The molecule has 0 heterocycles. The van der Waals surface area contributed by atoms with E-state index < -0.39 is 10.0 Å². The maximum atomic E-state index is 12.7. The summed E-state index contributed by atoms with van der Waals surface area (Å²) in [4.78, 5) is 0.144. The van der Waals surface area contributed by atoms with Gasteiger partial charge in [-0.3, -0.25) is 0 Å². The van der Waals surface area contributed by atoms with E-state index in [2.05, 4.69) is 4.72 Å². The molecule has 0 aliphatic rings. The Bertz CT molecular complexity index is 785. The molecule has 0 amide bonds. The van der Waals surface area contributed by atoms with Gasteiger partial charge in [0.1, 0.15) is 0 Å². The summed E-state index contributed by atoms with van der Waals surface area (Å²) in [5.41, 5.74) is 2.07. The van der Waals surface area contributed by atoms with E-state index in [1.807, 2.05) is 38.1 Å². The van der Waals surface area contributed by atoms with Crippen molar-refractivity contribution in [3.8, 4) is 11.5 Å². The number of sulfonamides is 1. The van der Waals surface area contributed by atoms with Crippen LogP contribution in [0.2, 0.25) is 0 Å². The van der Waals surface area contributed by atoms with E-state index in [1.165, 1.54) is 26.4 Å². The number of nitrogens with one attached hydrogen (secondary N) is 1. The van der Waals surface area contributed by atoms with Gasteiger partial charge in [-0.15, -0.1) is 0 Å². The first-order valence-electron chi connectivity index (χ1n) is 7.72. The Morgan fingerprint density at radius 1 is 1.00 bits per heavy atom. The molecule has 0 aromatic heterocycles. The van der Waals surface area contributed by atoms with E-state index in [-0.39, 0.29) is 10.9 Å². The molecule has 24 heavy (non-hydrogen) atoms. The van der Waals surface area contributed by atoms with Crippen LogP contribution in [0.5, 0.6) is 11.5 Å². The van der Waals surface area contributed by atoms with E-state index in [0.29, 0.717) is 17.9 Å². The molecule has 130 valence electrons. The van der Waals surface area contributed by atoms with Crippen LogP contribution in [0.25, 0.3) is 0 Å². The summed E-state index contributed by atoms with van der Waals surface area (Å²) in [6.07, 6.45) is 0.648. The molecular weight excluding hydrogens is 326 g/mol. The van der Waals surface area contributed by atoms with Crippen LogP contribution in [0.4, 0.5) is 0 Å². The van der Waals surface area contributed by atoms with E-state index in [1.54, 1.807) is 6.07 Å². The minimum absolute atomic E-state index is 0.144. The maximum Gasteiger partial charge on any atom is 0.241 e. The molecule has 0 spiro atoms. The zero-order chi connectivity index (χ0) is 17.7. The van der Waals surface area contributed by atoms with Gasteiger partial charge in [-0.05, 0) is 31.0 Å². The van der Waals surface area contributed by atoms with Crippen molar-refractivity contribution in [2.75, 3.05) is 14.2 Å². The minimum Gasteiger partial charge on any atom is -0.493 e. The Balaban J connectivity index is 2.30. The fraction of sp³-hybridized carbons (Fsp3) is 0.333. The molecule has 0 unspecified atom stereocenters. The topological polar surface area (TPSA) is 64.6 Å². The molecule has 0 aliphatic heterocycles. The molecule has 2 rings (SSSR count). The van der Waals surface area contributed by atoms with Crippen molar-refractivity contribution < 1.29 is 17.9 Å². The highest BCUT2D eigenvalue weighted by molar-refractivity contribution is 7.89. The lowest BCUT2D eigenvalue weighted by Crippen LogP contribution is -2.28.